The lowest BCUT2D eigenvalue weighted by molar-refractivity contribution is 0.104. The van der Waals surface area contributed by atoms with E-state index in [1.54, 1.807) is 4.68 Å². The van der Waals surface area contributed by atoms with Gasteiger partial charge in [-0.05, 0) is 56.9 Å². The summed E-state index contributed by atoms with van der Waals surface area (Å²) in [4.78, 5) is 0. The first kappa shape index (κ1) is 24.3. The average Bonchev–Trinajstić information content (AvgIpc) is 3.00. The van der Waals surface area contributed by atoms with Crippen molar-refractivity contribution >= 4 is 30.9 Å². The van der Waals surface area contributed by atoms with Gasteiger partial charge >= 0.3 is 0 Å². The highest BCUT2D eigenvalue weighted by atomic mass is 127. The molecule has 0 atom stereocenters. The maximum absolute atomic E-state index is 9.03. The predicted octanol–water partition coefficient (Wildman–Crippen LogP) is 5.15. The van der Waals surface area contributed by atoms with E-state index in [0.29, 0.717) is 36.4 Å². The smallest absolute Gasteiger partial charge is 0.258 e. The minimum atomic E-state index is -1.93. The highest BCUT2D eigenvalue weighted by Gasteiger charge is 2.46. The fourth-order valence-electron chi connectivity index (χ4n) is 4.14. The van der Waals surface area contributed by atoms with E-state index in [4.69, 9.17) is 14.3 Å². The zero-order chi connectivity index (χ0) is 21.6. The van der Waals surface area contributed by atoms with Crippen LogP contribution in [0, 0.1) is 3.70 Å². The van der Waals surface area contributed by atoms with Crippen LogP contribution in [0.4, 0.5) is 0 Å². The van der Waals surface area contributed by atoms with E-state index in [0.717, 1.165) is 20.7 Å². The van der Waals surface area contributed by atoms with Crippen LogP contribution < -0.4 is 4.43 Å². The number of ether oxygens (including phenoxy) is 1. The van der Waals surface area contributed by atoms with Crippen molar-refractivity contribution < 1.29 is 14.3 Å². The van der Waals surface area contributed by atoms with E-state index in [1.807, 2.05) is 0 Å². The Morgan fingerprint density at radius 1 is 1.00 bits per heavy atom. The van der Waals surface area contributed by atoms with Gasteiger partial charge in [-0.25, -0.2) is 4.68 Å². The first-order valence-electron chi connectivity index (χ1n) is 10.3. The molecular weight excluding hydrogens is 497 g/mol. The lowest BCUT2D eigenvalue weighted by atomic mass is 10.2. The molecule has 0 aliphatic carbocycles. The number of rotatable bonds is 11. The molecule has 0 saturated carbocycles. The summed E-state index contributed by atoms with van der Waals surface area (Å²) < 4.78 is 15.1. The van der Waals surface area contributed by atoms with Crippen molar-refractivity contribution in [1.82, 2.24) is 15.0 Å². The maximum Gasteiger partial charge on any atom is 0.258 e. The average molecular weight is 532 g/mol. The molecular formula is C21H34IN3O3Si. The topological polar surface area (TPSA) is 69.4 Å². The van der Waals surface area contributed by atoms with Crippen molar-refractivity contribution in [3.05, 3.63) is 39.2 Å². The molecule has 162 valence electrons. The molecule has 0 saturated heterocycles. The highest BCUT2D eigenvalue weighted by molar-refractivity contribution is 14.1. The molecule has 29 heavy (non-hydrogen) atoms. The van der Waals surface area contributed by atoms with Gasteiger partial charge in [-0.3, -0.25) is 0 Å². The third-order valence-electron chi connectivity index (χ3n) is 5.48. The van der Waals surface area contributed by atoms with Crippen LogP contribution in [0.15, 0.2) is 24.3 Å². The Morgan fingerprint density at radius 3 is 2.10 bits per heavy atom. The van der Waals surface area contributed by atoms with Gasteiger partial charge in [-0.15, -0.1) is 5.10 Å². The van der Waals surface area contributed by atoms with Crippen LogP contribution in [0.5, 0.6) is 5.75 Å². The van der Waals surface area contributed by atoms with Gasteiger partial charge in [-0.1, -0.05) is 58.9 Å². The van der Waals surface area contributed by atoms with Crippen molar-refractivity contribution in [3.63, 3.8) is 0 Å². The molecule has 8 heteroatoms. The zero-order valence-electron chi connectivity index (χ0n) is 18.4. The predicted molar refractivity (Wildman–Crippen MR) is 126 cm³/mol. The summed E-state index contributed by atoms with van der Waals surface area (Å²) in [6.07, 6.45) is 0. The molecule has 1 aromatic carbocycles. The molecule has 1 N–H and O–H groups in total. The number of hydrogen-bond acceptors (Lipinski definition) is 5. The summed E-state index contributed by atoms with van der Waals surface area (Å²) >= 11 is 2.18. The third kappa shape index (κ3) is 5.80. The van der Waals surface area contributed by atoms with Gasteiger partial charge < -0.3 is 14.3 Å². The molecule has 1 heterocycles. The van der Waals surface area contributed by atoms with Gasteiger partial charge in [-0.2, -0.15) is 0 Å². The van der Waals surface area contributed by atoms with E-state index >= 15 is 0 Å². The lowest BCUT2D eigenvalue weighted by Crippen LogP contribution is -2.50. The van der Waals surface area contributed by atoms with E-state index in [-0.39, 0.29) is 6.61 Å². The minimum Gasteiger partial charge on any atom is -0.543 e. The van der Waals surface area contributed by atoms with E-state index in [9.17, 15) is 0 Å². The molecule has 0 amide bonds. The molecule has 0 aliphatic heterocycles. The second-order valence-electron chi connectivity index (χ2n) is 8.33. The van der Waals surface area contributed by atoms with Crippen molar-refractivity contribution in [2.45, 2.75) is 77.9 Å². The van der Waals surface area contributed by atoms with E-state index < -0.39 is 8.32 Å². The molecule has 0 aliphatic rings. The number of aromatic nitrogens is 3. The van der Waals surface area contributed by atoms with Gasteiger partial charge in [0.1, 0.15) is 15.1 Å². The first-order chi connectivity index (χ1) is 13.7. The molecule has 0 fully saturated rings. The van der Waals surface area contributed by atoms with Crippen LogP contribution in [0.1, 0.15) is 52.8 Å². The summed E-state index contributed by atoms with van der Waals surface area (Å²) in [6, 6.07) is 8.27. The van der Waals surface area contributed by atoms with Crippen LogP contribution in [-0.4, -0.2) is 35.0 Å². The van der Waals surface area contributed by atoms with Gasteiger partial charge in [0.25, 0.3) is 8.32 Å². The Kier molecular flexibility index (Phi) is 9.11. The molecule has 1 aromatic heterocycles. The monoisotopic (exact) mass is 531 g/mol. The fourth-order valence-corrected chi connectivity index (χ4v) is 9.99. The van der Waals surface area contributed by atoms with Crippen LogP contribution in [-0.2, 0) is 24.5 Å². The molecule has 0 radical (unpaired) electrons. The highest BCUT2D eigenvalue weighted by Crippen LogP contribution is 2.42. The second kappa shape index (κ2) is 10.9. The van der Waals surface area contributed by atoms with Crippen molar-refractivity contribution in [2.75, 3.05) is 6.61 Å². The van der Waals surface area contributed by atoms with E-state index in [1.165, 1.54) is 0 Å². The molecule has 2 aromatic rings. The largest absolute Gasteiger partial charge is 0.543 e. The van der Waals surface area contributed by atoms with E-state index in [2.05, 4.69) is 98.7 Å². The lowest BCUT2D eigenvalue weighted by Gasteiger charge is -2.42. The van der Waals surface area contributed by atoms with Gasteiger partial charge in [0.15, 0.2) is 0 Å². The quantitative estimate of drug-likeness (QED) is 0.321. The molecule has 0 unspecified atom stereocenters. The number of halogens is 1. The Hall–Kier alpha value is -0.973. The number of hydrogen-bond donors (Lipinski definition) is 1. The summed E-state index contributed by atoms with van der Waals surface area (Å²) in [5.74, 6) is 0.956. The Balaban J connectivity index is 1.98. The Morgan fingerprint density at radius 2 is 1.59 bits per heavy atom. The normalized spacial score (nSPS) is 12.4. The summed E-state index contributed by atoms with van der Waals surface area (Å²) in [5.41, 5.74) is 3.54. The summed E-state index contributed by atoms with van der Waals surface area (Å²) in [6.45, 7) is 15.2. The maximum atomic E-state index is 9.03. The zero-order valence-corrected chi connectivity index (χ0v) is 21.5. The van der Waals surface area contributed by atoms with Crippen LogP contribution in [0.25, 0.3) is 0 Å². The van der Waals surface area contributed by atoms with Gasteiger partial charge in [0, 0.05) is 0 Å². The Labute approximate surface area is 189 Å². The SMILES string of the molecule is CC(C)[Si](Oc1ccc(COCc2nnn(CCO)c2I)cc1)(C(C)C)C(C)C. The Bertz CT molecular complexity index is 741. The van der Waals surface area contributed by atoms with Crippen LogP contribution >= 0.6 is 22.6 Å². The number of benzene rings is 1. The number of nitrogens with zero attached hydrogens (tertiary/aromatic N) is 3. The van der Waals surface area contributed by atoms with Crippen molar-refractivity contribution in [1.29, 1.82) is 0 Å². The van der Waals surface area contributed by atoms with Gasteiger partial charge in [0.2, 0.25) is 0 Å². The molecule has 6 nitrogen and oxygen atoms in total. The second-order valence-corrected chi connectivity index (χ2v) is 14.7. The third-order valence-corrected chi connectivity index (χ3v) is 12.7. The van der Waals surface area contributed by atoms with Gasteiger partial charge in [0.05, 0.1) is 26.4 Å². The molecule has 2 rings (SSSR count). The molecule has 0 bridgehead atoms. The van der Waals surface area contributed by atoms with Crippen LogP contribution in [0.3, 0.4) is 0 Å². The summed E-state index contributed by atoms with van der Waals surface area (Å²) in [5, 5.41) is 17.2. The number of aliphatic hydroxyl groups is 1. The minimum absolute atomic E-state index is 0.0443. The number of aliphatic hydroxyl groups excluding tert-OH is 1. The fraction of sp³-hybridized carbons (Fsp3) is 0.619. The standard InChI is InChI=1S/C21H34IN3O3Si/c1-15(2)29(16(3)4,17(5)6)28-19-9-7-18(8-10-19)13-27-14-20-21(22)25(11-12-26)24-23-20/h7-10,15-17,26H,11-14H2,1-6H3. The summed E-state index contributed by atoms with van der Waals surface area (Å²) in [7, 11) is -1.93. The first-order valence-corrected chi connectivity index (χ1v) is 13.5. The van der Waals surface area contributed by atoms with Crippen LogP contribution in [0.2, 0.25) is 16.6 Å². The van der Waals surface area contributed by atoms with Crippen molar-refractivity contribution in [3.8, 4) is 5.75 Å². The van der Waals surface area contributed by atoms with Crippen molar-refractivity contribution in [2.24, 2.45) is 0 Å². The molecule has 0 spiro atoms.